The minimum absolute atomic E-state index is 0.283. The molecule has 78 valence electrons. The summed E-state index contributed by atoms with van der Waals surface area (Å²) in [5, 5.41) is 0. The molecule has 0 spiro atoms. The monoisotopic (exact) mass is 292 g/mol. The molecular formula is C11H14BrClS. The summed E-state index contributed by atoms with van der Waals surface area (Å²) in [5.41, 5.74) is 0.629. The van der Waals surface area contributed by atoms with Gasteiger partial charge in [-0.25, -0.2) is 0 Å². The van der Waals surface area contributed by atoms with Gasteiger partial charge in [0.2, 0.25) is 0 Å². The molecule has 0 bridgehead atoms. The van der Waals surface area contributed by atoms with Gasteiger partial charge in [-0.3, -0.25) is 0 Å². The van der Waals surface area contributed by atoms with Crippen molar-refractivity contribution in [2.45, 2.75) is 26.2 Å². The zero-order chi connectivity index (χ0) is 10.6. The van der Waals surface area contributed by atoms with Gasteiger partial charge in [0.05, 0.1) is 3.79 Å². The molecular weight excluding hydrogens is 280 g/mol. The molecule has 2 unspecified atom stereocenters. The molecule has 14 heavy (non-hydrogen) atoms. The van der Waals surface area contributed by atoms with Crippen LogP contribution >= 0.6 is 38.9 Å². The lowest BCUT2D eigenvalue weighted by molar-refractivity contribution is 0.527. The lowest BCUT2D eigenvalue weighted by atomic mass is 9.96. The van der Waals surface area contributed by atoms with Gasteiger partial charge in [-0.2, -0.15) is 0 Å². The maximum atomic E-state index is 6.02. The first-order valence-corrected chi connectivity index (χ1v) is 6.90. The topological polar surface area (TPSA) is 0 Å². The molecule has 1 heterocycles. The highest BCUT2D eigenvalue weighted by atomic mass is 79.9. The van der Waals surface area contributed by atoms with Gasteiger partial charge in [-0.05, 0) is 39.4 Å². The molecule has 0 saturated heterocycles. The number of rotatable bonds is 2. The zero-order valence-electron chi connectivity index (χ0n) is 8.60. The second kappa shape index (κ2) is 3.23. The van der Waals surface area contributed by atoms with Crippen molar-refractivity contribution in [3.8, 4) is 0 Å². The Morgan fingerprint density at radius 3 is 2.43 bits per heavy atom. The fraction of sp³-hybridized carbons (Fsp3) is 0.636. The van der Waals surface area contributed by atoms with E-state index in [0.717, 1.165) is 5.88 Å². The van der Waals surface area contributed by atoms with E-state index >= 15 is 0 Å². The molecule has 1 saturated carbocycles. The van der Waals surface area contributed by atoms with Crippen LogP contribution in [0, 0.1) is 11.3 Å². The average molecular weight is 294 g/mol. The highest BCUT2D eigenvalue weighted by Crippen LogP contribution is 2.70. The standard InChI is InChI=1S/C11H14BrClS/c1-10(2)7(6-13)11(10,3)8-4-5-9(12)14-8/h4-5,7H,6H2,1-3H3. The lowest BCUT2D eigenvalue weighted by Crippen LogP contribution is -2.07. The van der Waals surface area contributed by atoms with E-state index in [4.69, 9.17) is 11.6 Å². The molecule has 2 rings (SSSR count). The number of hydrogen-bond acceptors (Lipinski definition) is 1. The Morgan fingerprint density at radius 2 is 2.07 bits per heavy atom. The third-order valence-electron chi connectivity index (χ3n) is 4.06. The predicted molar refractivity (Wildman–Crippen MR) is 67.4 cm³/mol. The second-order valence-corrected chi connectivity index (χ2v) is 7.51. The molecule has 1 fully saturated rings. The Balaban J connectivity index is 2.36. The van der Waals surface area contributed by atoms with Gasteiger partial charge in [0.1, 0.15) is 0 Å². The third-order valence-corrected chi connectivity index (χ3v) is 6.23. The van der Waals surface area contributed by atoms with Crippen LogP contribution < -0.4 is 0 Å². The van der Waals surface area contributed by atoms with Crippen molar-refractivity contribution >= 4 is 38.9 Å². The normalized spacial score (nSPS) is 34.5. The van der Waals surface area contributed by atoms with E-state index in [-0.39, 0.29) is 5.41 Å². The van der Waals surface area contributed by atoms with Crippen LogP contribution in [-0.4, -0.2) is 5.88 Å². The average Bonchev–Trinajstić information content (AvgIpc) is 2.49. The summed E-state index contributed by atoms with van der Waals surface area (Å²) < 4.78 is 1.21. The van der Waals surface area contributed by atoms with Crippen molar-refractivity contribution in [3.05, 3.63) is 20.8 Å². The fourth-order valence-corrected chi connectivity index (χ4v) is 4.98. The maximum absolute atomic E-state index is 6.02. The van der Waals surface area contributed by atoms with Crippen LogP contribution in [0.2, 0.25) is 0 Å². The molecule has 2 atom stereocenters. The summed E-state index contributed by atoms with van der Waals surface area (Å²) >= 11 is 11.4. The molecule has 1 aliphatic carbocycles. The van der Waals surface area contributed by atoms with Gasteiger partial charge < -0.3 is 0 Å². The van der Waals surface area contributed by atoms with Crippen molar-refractivity contribution in [2.75, 3.05) is 5.88 Å². The molecule has 0 aliphatic heterocycles. The van der Waals surface area contributed by atoms with Gasteiger partial charge in [-0.1, -0.05) is 20.8 Å². The van der Waals surface area contributed by atoms with Crippen molar-refractivity contribution in [2.24, 2.45) is 11.3 Å². The molecule has 0 radical (unpaired) electrons. The molecule has 1 aliphatic rings. The second-order valence-electron chi connectivity index (χ2n) is 4.73. The van der Waals surface area contributed by atoms with Crippen molar-refractivity contribution in [1.82, 2.24) is 0 Å². The summed E-state index contributed by atoms with van der Waals surface area (Å²) in [5.74, 6) is 1.38. The third kappa shape index (κ3) is 1.23. The Hall–Kier alpha value is 0.470. The molecule has 0 nitrogen and oxygen atoms in total. The van der Waals surface area contributed by atoms with E-state index in [0.29, 0.717) is 11.3 Å². The van der Waals surface area contributed by atoms with Gasteiger partial charge in [0.15, 0.2) is 0 Å². The summed E-state index contributed by atoms with van der Waals surface area (Å²) in [6, 6.07) is 4.36. The highest BCUT2D eigenvalue weighted by molar-refractivity contribution is 9.11. The predicted octanol–water partition coefficient (Wildman–Crippen LogP) is 4.66. The van der Waals surface area contributed by atoms with E-state index in [9.17, 15) is 0 Å². The zero-order valence-corrected chi connectivity index (χ0v) is 11.8. The van der Waals surface area contributed by atoms with E-state index in [1.807, 2.05) is 11.3 Å². The van der Waals surface area contributed by atoms with Crippen LogP contribution in [0.3, 0.4) is 0 Å². The quantitative estimate of drug-likeness (QED) is 0.696. The molecule has 1 aromatic rings. The van der Waals surface area contributed by atoms with Crippen LogP contribution in [0.15, 0.2) is 15.9 Å². The van der Waals surface area contributed by atoms with Crippen LogP contribution in [0.4, 0.5) is 0 Å². The van der Waals surface area contributed by atoms with Gasteiger partial charge in [0, 0.05) is 16.2 Å². The summed E-state index contributed by atoms with van der Waals surface area (Å²) in [6.07, 6.45) is 0. The Labute approximate surface area is 103 Å². The summed E-state index contributed by atoms with van der Waals surface area (Å²) in [6.45, 7) is 6.96. The van der Waals surface area contributed by atoms with Crippen molar-refractivity contribution < 1.29 is 0 Å². The molecule has 3 heteroatoms. The first kappa shape index (κ1) is 11.0. The Kier molecular flexibility index (Phi) is 2.53. The maximum Gasteiger partial charge on any atom is 0.0701 e. The van der Waals surface area contributed by atoms with E-state index in [1.165, 1.54) is 8.66 Å². The SMILES string of the molecule is CC1(C)C(CCl)C1(C)c1ccc(Br)s1. The van der Waals surface area contributed by atoms with Gasteiger partial charge >= 0.3 is 0 Å². The smallest absolute Gasteiger partial charge is 0.0701 e. The van der Waals surface area contributed by atoms with E-state index < -0.39 is 0 Å². The first-order valence-electron chi connectivity index (χ1n) is 4.76. The Morgan fingerprint density at radius 1 is 1.43 bits per heavy atom. The van der Waals surface area contributed by atoms with Crippen LogP contribution in [0.1, 0.15) is 25.6 Å². The van der Waals surface area contributed by atoms with Crippen LogP contribution in [-0.2, 0) is 5.41 Å². The largest absolute Gasteiger partial charge is 0.133 e. The van der Waals surface area contributed by atoms with Gasteiger partial charge in [-0.15, -0.1) is 22.9 Å². The molecule has 0 aromatic carbocycles. The number of alkyl halides is 1. The fourth-order valence-electron chi connectivity index (χ4n) is 2.53. The van der Waals surface area contributed by atoms with Crippen LogP contribution in [0.5, 0.6) is 0 Å². The van der Waals surface area contributed by atoms with Gasteiger partial charge in [0.25, 0.3) is 0 Å². The lowest BCUT2D eigenvalue weighted by Gasteiger charge is -2.11. The summed E-state index contributed by atoms with van der Waals surface area (Å²) in [7, 11) is 0. The minimum atomic E-state index is 0.283. The van der Waals surface area contributed by atoms with Crippen LogP contribution in [0.25, 0.3) is 0 Å². The highest BCUT2D eigenvalue weighted by Gasteiger charge is 2.68. The molecule has 0 amide bonds. The number of halogens is 2. The number of hydrogen-bond donors (Lipinski definition) is 0. The molecule has 0 N–H and O–H groups in total. The van der Waals surface area contributed by atoms with Crippen molar-refractivity contribution in [3.63, 3.8) is 0 Å². The minimum Gasteiger partial charge on any atom is -0.133 e. The van der Waals surface area contributed by atoms with E-state index in [2.05, 4.69) is 48.8 Å². The first-order chi connectivity index (χ1) is 6.44. The molecule has 1 aromatic heterocycles. The van der Waals surface area contributed by atoms with E-state index in [1.54, 1.807) is 0 Å². The number of thiophene rings is 1. The van der Waals surface area contributed by atoms with Crippen molar-refractivity contribution in [1.29, 1.82) is 0 Å². The summed E-state index contributed by atoms with van der Waals surface area (Å²) in [4.78, 5) is 1.46. The Bertz CT molecular complexity index is 358.